The summed E-state index contributed by atoms with van der Waals surface area (Å²) < 4.78 is 63.2. The lowest BCUT2D eigenvalue weighted by molar-refractivity contribution is -0.387. The molecule has 0 radical (unpaired) electrons. The average molecular weight is 255 g/mol. The van der Waals surface area contributed by atoms with Gasteiger partial charge in [0.1, 0.15) is 0 Å². The molecule has 1 atom stereocenters. The summed E-state index contributed by atoms with van der Waals surface area (Å²) in [5, 5.41) is 10.3. The lowest BCUT2D eigenvalue weighted by Crippen LogP contribution is -2.35. The van der Waals surface area contributed by atoms with Crippen LogP contribution in [0.15, 0.2) is 18.2 Å². The number of benzene rings is 1. The van der Waals surface area contributed by atoms with E-state index in [9.17, 15) is 32.1 Å². The van der Waals surface area contributed by atoms with Gasteiger partial charge in [0.15, 0.2) is 0 Å². The zero-order valence-electron chi connectivity index (χ0n) is 8.39. The number of nitro benzene ring substituents is 1. The number of alkyl halides is 4. The first-order valence-electron chi connectivity index (χ1n) is 4.27. The molecule has 1 unspecified atom stereocenters. The van der Waals surface area contributed by atoms with E-state index in [4.69, 9.17) is 0 Å². The summed E-state index contributed by atoms with van der Waals surface area (Å²) in [6.07, 6.45) is -5.24. The molecule has 0 amide bonds. The van der Waals surface area contributed by atoms with Gasteiger partial charge in [-0.25, -0.2) is 4.39 Å². The molecule has 0 bridgehead atoms. The Morgan fingerprint density at radius 2 is 1.76 bits per heavy atom. The molecule has 0 saturated carbocycles. The van der Waals surface area contributed by atoms with Crippen molar-refractivity contribution in [1.29, 1.82) is 0 Å². The number of nitro groups is 1. The van der Waals surface area contributed by atoms with Crippen LogP contribution < -0.4 is 0 Å². The van der Waals surface area contributed by atoms with Gasteiger partial charge >= 0.3 is 11.9 Å². The van der Waals surface area contributed by atoms with Gasteiger partial charge in [-0.1, -0.05) is 6.07 Å². The first kappa shape index (κ1) is 13.3. The van der Waals surface area contributed by atoms with Crippen molar-refractivity contribution in [3.63, 3.8) is 0 Å². The topological polar surface area (TPSA) is 43.1 Å². The number of nitrogens with zero attached hydrogens (tertiary/aromatic N) is 1. The highest BCUT2D eigenvalue weighted by molar-refractivity contribution is 5.39. The Balaban J connectivity index is 3.35. The van der Waals surface area contributed by atoms with Gasteiger partial charge in [-0.3, -0.25) is 10.1 Å². The van der Waals surface area contributed by atoms with Crippen molar-refractivity contribution < 1.29 is 26.9 Å². The monoisotopic (exact) mass is 255 g/mol. The van der Waals surface area contributed by atoms with E-state index in [1.54, 1.807) is 0 Å². The van der Waals surface area contributed by atoms with Gasteiger partial charge in [0.05, 0.1) is 4.92 Å². The van der Waals surface area contributed by atoms with Crippen molar-refractivity contribution in [1.82, 2.24) is 0 Å². The number of hydrogen-bond acceptors (Lipinski definition) is 2. The SMILES string of the molecule is CC(F)(c1ccc(F)c([N+](=O)[O-])c1)C(F)(F)F. The summed E-state index contributed by atoms with van der Waals surface area (Å²) in [7, 11) is 0. The van der Waals surface area contributed by atoms with Crippen molar-refractivity contribution in [2.24, 2.45) is 0 Å². The van der Waals surface area contributed by atoms with Crippen LogP contribution in [0.1, 0.15) is 12.5 Å². The van der Waals surface area contributed by atoms with Gasteiger partial charge in [0.25, 0.3) is 0 Å². The molecule has 8 heteroatoms. The van der Waals surface area contributed by atoms with Crippen LogP contribution in [0.2, 0.25) is 0 Å². The third kappa shape index (κ3) is 2.34. The molecule has 94 valence electrons. The number of hydrogen-bond donors (Lipinski definition) is 0. The van der Waals surface area contributed by atoms with Gasteiger partial charge < -0.3 is 0 Å². The molecule has 1 aromatic carbocycles. The summed E-state index contributed by atoms with van der Waals surface area (Å²) >= 11 is 0. The van der Waals surface area contributed by atoms with Crippen LogP contribution in [0.5, 0.6) is 0 Å². The van der Waals surface area contributed by atoms with Crippen LogP contribution in [-0.4, -0.2) is 11.1 Å². The summed E-state index contributed by atoms with van der Waals surface area (Å²) in [6.45, 7) is 0.212. The minimum absolute atomic E-state index is 0.212. The molecule has 17 heavy (non-hydrogen) atoms. The van der Waals surface area contributed by atoms with Crippen LogP contribution in [0.4, 0.5) is 27.6 Å². The Bertz CT molecular complexity index is 455. The molecule has 0 aliphatic rings. The lowest BCUT2D eigenvalue weighted by Gasteiger charge is -2.23. The smallest absolute Gasteiger partial charge is 0.258 e. The molecule has 0 fully saturated rings. The van der Waals surface area contributed by atoms with E-state index in [1.807, 2.05) is 0 Å². The van der Waals surface area contributed by atoms with Crippen molar-refractivity contribution in [2.45, 2.75) is 18.8 Å². The van der Waals surface area contributed by atoms with E-state index >= 15 is 0 Å². The molecule has 1 rings (SSSR count). The van der Waals surface area contributed by atoms with E-state index in [2.05, 4.69) is 0 Å². The maximum atomic E-state index is 13.4. The van der Waals surface area contributed by atoms with Crippen LogP contribution in [0.25, 0.3) is 0 Å². The molecule has 0 spiro atoms. The normalized spacial score (nSPS) is 15.4. The second-order valence-corrected chi connectivity index (χ2v) is 3.42. The Morgan fingerprint density at radius 1 is 1.24 bits per heavy atom. The average Bonchev–Trinajstić information content (AvgIpc) is 2.15. The maximum Gasteiger partial charge on any atom is 0.426 e. The van der Waals surface area contributed by atoms with Gasteiger partial charge in [-0.05, 0) is 13.0 Å². The van der Waals surface area contributed by atoms with E-state index < -0.39 is 33.8 Å². The fraction of sp³-hybridized carbons (Fsp3) is 0.333. The molecular weight excluding hydrogens is 249 g/mol. The molecule has 3 nitrogen and oxygen atoms in total. The molecular formula is C9H6F5NO2. The third-order valence-corrected chi connectivity index (χ3v) is 2.22. The van der Waals surface area contributed by atoms with Crippen molar-refractivity contribution >= 4 is 5.69 Å². The zero-order valence-corrected chi connectivity index (χ0v) is 8.39. The van der Waals surface area contributed by atoms with E-state index in [1.165, 1.54) is 0 Å². The summed E-state index contributed by atoms with van der Waals surface area (Å²) in [6, 6.07) is 1.19. The number of halogens is 5. The maximum absolute atomic E-state index is 13.4. The van der Waals surface area contributed by atoms with Crippen LogP contribution in [-0.2, 0) is 5.67 Å². The predicted octanol–water partition coefficient (Wildman–Crippen LogP) is 3.48. The fourth-order valence-electron chi connectivity index (χ4n) is 1.11. The Hall–Kier alpha value is -1.73. The number of rotatable bonds is 2. The highest BCUT2D eigenvalue weighted by atomic mass is 19.4. The molecule has 0 aliphatic heterocycles. The summed E-state index contributed by atoms with van der Waals surface area (Å²) in [5.74, 6) is -1.32. The Labute approximate surface area is 92.0 Å². The van der Waals surface area contributed by atoms with E-state index in [0.717, 1.165) is 0 Å². The molecule has 0 heterocycles. The zero-order chi connectivity index (χ0) is 13.4. The van der Waals surface area contributed by atoms with Gasteiger partial charge in [-0.15, -0.1) is 0 Å². The fourth-order valence-corrected chi connectivity index (χ4v) is 1.11. The van der Waals surface area contributed by atoms with E-state index in [-0.39, 0.29) is 13.0 Å². The minimum Gasteiger partial charge on any atom is -0.258 e. The summed E-state index contributed by atoms with van der Waals surface area (Å²) in [5.41, 5.74) is -5.99. The van der Waals surface area contributed by atoms with Crippen LogP contribution >= 0.6 is 0 Å². The Kier molecular flexibility index (Phi) is 3.09. The standard InChI is InChI=1S/C9H6F5NO2/c1-8(11,9(12,13)14)5-2-3-6(10)7(4-5)15(16)17/h2-4H,1H3. The van der Waals surface area contributed by atoms with Gasteiger partial charge in [0, 0.05) is 11.6 Å². The highest BCUT2D eigenvalue weighted by Crippen LogP contribution is 2.43. The second-order valence-electron chi connectivity index (χ2n) is 3.42. The molecule has 1 aromatic rings. The Morgan fingerprint density at radius 3 is 2.18 bits per heavy atom. The molecule has 0 aromatic heterocycles. The first-order valence-corrected chi connectivity index (χ1v) is 4.27. The lowest BCUT2D eigenvalue weighted by atomic mass is 9.97. The quantitative estimate of drug-likeness (QED) is 0.461. The molecule has 0 N–H and O–H groups in total. The van der Waals surface area contributed by atoms with Gasteiger partial charge in [-0.2, -0.15) is 17.6 Å². The predicted molar refractivity (Wildman–Crippen MR) is 47.6 cm³/mol. The summed E-state index contributed by atoms with van der Waals surface area (Å²) in [4.78, 5) is 9.10. The first-order chi connectivity index (χ1) is 7.57. The van der Waals surface area contributed by atoms with Crippen LogP contribution in [0, 0.1) is 15.9 Å². The van der Waals surface area contributed by atoms with E-state index in [0.29, 0.717) is 12.1 Å². The van der Waals surface area contributed by atoms with Crippen molar-refractivity contribution in [2.75, 3.05) is 0 Å². The minimum atomic E-state index is -5.24. The highest BCUT2D eigenvalue weighted by Gasteiger charge is 2.53. The van der Waals surface area contributed by atoms with Crippen LogP contribution in [0.3, 0.4) is 0 Å². The van der Waals surface area contributed by atoms with Crippen molar-refractivity contribution in [3.8, 4) is 0 Å². The van der Waals surface area contributed by atoms with Gasteiger partial charge in [0.2, 0.25) is 11.5 Å². The second kappa shape index (κ2) is 3.94. The molecule has 0 aliphatic carbocycles. The molecule has 0 saturated heterocycles. The largest absolute Gasteiger partial charge is 0.426 e. The third-order valence-electron chi connectivity index (χ3n) is 2.22. The van der Waals surface area contributed by atoms with Crippen molar-refractivity contribution in [3.05, 3.63) is 39.7 Å².